The van der Waals surface area contributed by atoms with E-state index < -0.39 is 0 Å². The predicted octanol–water partition coefficient (Wildman–Crippen LogP) is -2.40. The fourth-order valence-corrected chi connectivity index (χ4v) is 0.368. The molecule has 0 aliphatic carbocycles. The fourth-order valence-electron chi connectivity index (χ4n) is 0.368. The van der Waals surface area contributed by atoms with Crippen molar-refractivity contribution >= 4 is 0 Å². The van der Waals surface area contributed by atoms with Crippen LogP contribution in [0.25, 0.3) is 5.32 Å². The molecule has 8 heavy (non-hydrogen) atoms. The first-order valence-electron chi connectivity index (χ1n) is 2.68. The largest absolute Gasteiger partial charge is 1.00 e. The van der Waals surface area contributed by atoms with Gasteiger partial charge in [0, 0.05) is 0 Å². The quantitative estimate of drug-likeness (QED) is 0.342. The van der Waals surface area contributed by atoms with Crippen LogP contribution in [-0.2, 0) is 0 Å². The second kappa shape index (κ2) is 11.4. The Labute approximate surface area is 94.2 Å². The molecular formula is C5H13KN2. The van der Waals surface area contributed by atoms with Gasteiger partial charge in [-0.25, -0.2) is 0 Å². The van der Waals surface area contributed by atoms with Gasteiger partial charge >= 0.3 is 51.4 Å². The molecule has 0 saturated carbocycles. The second-order valence-electron chi connectivity index (χ2n) is 1.39. The number of nitrogens with one attached hydrogen (secondary N) is 1. The van der Waals surface area contributed by atoms with Gasteiger partial charge in [0.15, 0.2) is 0 Å². The third kappa shape index (κ3) is 10.5. The van der Waals surface area contributed by atoms with Gasteiger partial charge in [-0.1, -0.05) is 6.92 Å². The third-order valence-electron chi connectivity index (χ3n) is 0.762. The minimum Gasteiger partial charge on any atom is -0.664 e. The zero-order chi connectivity index (χ0) is 5.54. The smallest absolute Gasteiger partial charge is 0.664 e. The molecule has 0 aliphatic heterocycles. The standard InChI is InChI=1S/C5H13N2.K/c1-3-7-5-4-6-2;/h7H,3-5H2,1-2H3;/q-1;+1. The summed E-state index contributed by atoms with van der Waals surface area (Å²) in [7, 11) is 1.83. The van der Waals surface area contributed by atoms with E-state index in [2.05, 4.69) is 17.6 Å². The summed E-state index contributed by atoms with van der Waals surface area (Å²) in [6.07, 6.45) is 0. The van der Waals surface area contributed by atoms with E-state index in [1.807, 2.05) is 7.05 Å². The molecule has 0 atom stereocenters. The van der Waals surface area contributed by atoms with Crippen molar-refractivity contribution in [3.05, 3.63) is 5.32 Å². The van der Waals surface area contributed by atoms with E-state index in [1.54, 1.807) is 0 Å². The molecule has 3 heteroatoms. The molecule has 44 valence electrons. The number of rotatable bonds is 4. The first-order chi connectivity index (χ1) is 3.41. The average Bonchev–Trinajstić information content (AvgIpc) is 1.69. The first-order valence-corrected chi connectivity index (χ1v) is 2.68. The zero-order valence-electron chi connectivity index (χ0n) is 6.07. The molecule has 0 spiro atoms. The molecule has 0 amide bonds. The monoisotopic (exact) mass is 140 g/mol. The van der Waals surface area contributed by atoms with Crippen molar-refractivity contribution in [2.24, 2.45) is 0 Å². The van der Waals surface area contributed by atoms with Gasteiger partial charge in [-0.3, -0.25) is 0 Å². The summed E-state index contributed by atoms with van der Waals surface area (Å²) in [5.74, 6) is 0. The van der Waals surface area contributed by atoms with Gasteiger partial charge in [-0.2, -0.15) is 7.05 Å². The minimum absolute atomic E-state index is 0. The van der Waals surface area contributed by atoms with Crippen LogP contribution in [0.4, 0.5) is 0 Å². The molecule has 1 N–H and O–H groups in total. The van der Waals surface area contributed by atoms with E-state index >= 15 is 0 Å². The van der Waals surface area contributed by atoms with Crippen molar-refractivity contribution in [1.29, 1.82) is 0 Å². The van der Waals surface area contributed by atoms with Crippen molar-refractivity contribution in [2.45, 2.75) is 6.92 Å². The normalized spacial score (nSPS) is 8.25. The molecule has 0 aromatic rings. The summed E-state index contributed by atoms with van der Waals surface area (Å²) in [6.45, 7) is 5.10. The molecule has 2 nitrogen and oxygen atoms in total. The van der Waals surface area contributed by atoms with Gasteiger partial charge in [-0.15, -0.1) is 6.54 Å². The van der Waals surface area contributed by atoms with Crippen molar-refractivity contribution in [3.8, 4) is 0 Å². The summed E-state index contributed by atoms with van der Waals surface area (Å²) in [5, 5.41) is 7.07. The topological polar surface area (TPSA) is 26.1 Å². The van der Waals surface area contributed by atoms with Crippen LogP contribution < -0.4 is 56.7 Å². The Morgan fingerprint density at radius 2 is 2.12 bits per heavy atom. The van der Waals surface area contributed by atoms with Crippen LogP contribution in [0.1, 0.15) is 6.92 Å². The Morgan fingerprint density at radius 3 is 2.50 bits per heavy atom. The van der Waals surface area contributed by atoms with Crippen LogP contribution in [0.3, 0.4) is 0 Å². The molecule has 0 bridgehead atoms. The Balaban J connectivity index is 0. The van der Waals surface area contributed by atoms with Crippen LogP contribution in [0, 0.1) is 0 Å². The second-order valence-corrected chi connectivity index (χ2v) is 1.39. The maximum absolute atomic E-state index is 3.91. The van der Waals surface area contributed by atoms with Gasteiger partial charge in [-0.05, 0) is 13.1 Å². The summed E-state index contributed by atoms with van der Waals surface area (Å²) < 4.78 is 0. The molecule has 0 radical (unpaired) electrons. The van der Waals surface area contributed by atoms with E-state index in [4.69, 9.17) is 0 Å². The van der Waals surface area contributed by atoms with Crippen LogP contribution in [0.5, 0.6) is 0 Å². The van der Waals surface area contributed by atoms with Crippen LogP contribution in [0.15, 0.2) is 0 Å². The van der Waals surface area contributed by atoms with E-state index in [0.29, 0.717) is 0 Å². The van der Waals surface area contributed by atoms with E-state index in [9.17, 15) is 0 Å². The summed E-state index contributed by atoms with van der Waals surface area (Å²) in [5.41, 5.74) is 0. The molecule has 0 rings (SSSR count). The number of likely N-dealkylation sites (N-methyl/N-ethyl adjacent to an activating group) is 2. The Morgan fingerprint density at radius 1 is 1.50 bits per heavy atom. The Kier molecular flexibility index (Phi) is 17.4. The number of hydrogen-bond acceptors (Lipinski definition) is 1. The minimum atomic E-state index is 0. The third-order valence-corrected chi connectivity index (χ3v) is 0.762. The van der Waals surface area contributed by atoms with E-state index in [0.717, 1.165) is 19.6 Å². The zero-order valence-corrected chi connectivity index (χ0v) is 9.19. The maximum Gasteiger partial charge on any atom is 1.00 e. The van der Waals surface area contributed by atoms with Crippen molar-refractivity contribution in [2.75, 3.05) is 26.7 Å². The SMILES string of the molecule is CCNCC[N-]C.[K+]. The molecule has 0 fully saturated rings. The molecule has 0 aromatic carbocycles. The van der Waals surface area contributed by atoms with Crippen LogP contribution in [0.2, 0.25) is 0 Å². The number of hydrogen-bond donors (Lipinski definition) is 1. The van der Waals surface area contributed by atoms with Gasteiger partial charge in [0.25, 0.3) is 0 Å². The summed E-state index contributed by atoms with van der Waals surface area (Å²) >= 11 is 0. The van der Waals surface area contributed by atoms with Crippen LogP contribution in [-0.4, -0.2) is 26.7 Å². The Bertz CT molecular complexity index is 29.6. The van der Waals surface area contributed by atoms with Gasteiger partial charge in [0.2, 0.25) is 0 Å². The Hall–Kier alpha value is 1.56. The van der Waals surface area contributed by atoms with Crippen molar-refractivity contribution < 1.29 is 51.4 Å². The summed E-state index contributed by atoms with van der Waals surface area (Å²) in [6, 6.07) is 0. The maximum atomic E-state index is 3.91. The van der Waals surface area contributed by atoms with Gasteiger partial charge < -0.3 is 10.6 Å². The van der Waals surface area contributed by atoms with Gasteiger partial charge in [0.1, 0.15) is 0 Å². The first kappa shape index (κ1) is 12.3. The molecule has 0 heterocycles. The molecule has 0 unspecified atom stereocenters. The summed E-state index contributed by atoms with van der Waals surface area (Å²) in [4.78, 5) is 0. The average molecular weight is 140 g/mol. The molecule has 0 saturated heterocycles. The van der Waals surface area contributed by atoms with E-state index in [1.165, 1.54) is 0 Å². The van der Waals surface area contributed by atoms with Crippen LogP contribution >= 0.6 is 0 Å². The van der Waals surface area contributed by atoms with Crippen molar-refractivity contribution in [3.63, 3.8) is 0 Å². The fraction of sp³-hybridized carbons (Fsp3) is 1.00. The number of nitrogens with zero attached hydrogens (tertiary/aromatic N) is 1. The van der Waals surface area contributed by atoms with Gasteiger partial charge in [0.05, 0.1) is 0 Å². The molecule has 0 aromatic heterocycles. The van der Waals surface area contributed by atoms with E-state index in [-0.39, 0.29) is 51.4 Å². The predicted molar refractivity (Wildman–Crippen MR) is 32.7 cm³/mol. The molecule has 0 aliphatic rings. The van der Waals surface area contributed by atoms with Crippen molar-refractivity contribution in [1.82, 2.24) is 5.32 Å². The molecular weight excluding hydrogens is 127 g/mol.